The maximum absolute atomic E-state index is 13.7. The third-order valence-corrected chi connectivity index (χ3v) is 2.88. The van der Waals surface area contributed by atoms with Crippen molar-refractivity contribution in [1.82, 2.24) is 5.43 Å². The van der Waals surface area contributed by atoms with Crippen LogP contribution in [0.3, 0.4) is 0 Å². The number of hydrogen-bond acceptors (Lipinski definition) is 2. The summed E-state index contributed by atoms with van der Waals surface area (Å²) in [6.45, 7) is 6.01. The molecule has 1 aromatic carbocycles. The molecule has 0 heterocycles. The lowest BCUT2D eigenvalue weighted by Crippen LogP contribution is -2.33. The number of nitrogens with one attached hydrogen (secondary N) is 1. The Balaban J connectivity index is 3.01. The molecule has 0 radical (unpaired) electrons. The van der Waals surface area contributed by atoms with E-state index in [1.165, 1.54) is 0 Å². The number of benzene rings is 1. The molecule has 84 valence electrons. The number of aryl methyl sites for hydroxylation is 1. The molecule has 2 unspecified atom stereocenters. The molecule has 0 bridgehead atoms. The quantitative estimate of drug-likeness (QED) is 0.592. The molecule has 0 aliphatic heterocycles. The minimum Gasteiger partial charge on any atom is -0.271 e. The van der Waals surface area contributed by atoms with Gasteiger partial charge in [-0.15, -0.1) is 0 Å². The van der Waals surface area contributed by atoms with Gasteiger partial charge in [-0.3, -0.25) is 11.3 Å². The second kappa shape index (κ2) is 5.24. The maximum atomic E-state index is 13.7. The molecule has 0 aliphatic carbocycles. The predicted molar refractivity (Wildman–Crippen MR) is 60.7 cm³/mol. The SMILES string of the molecule is CCC(C)C(NN)c1ccc(C)cc1F. The van der Waals surface area contributed by atoms with E-state index in [1.54, 1.807) is 12.1 Å². The van der Waals surface area contributed by atoms with Crippen molar-refractivity contribution < 1.29 is 4.39 Å². The summed E-state index contributed by atoms with van der Waals surface area (Å²) in [5, 5.41) is 0. The van der Waals surface area contributed by atoms with E-state index in [0.717, 1.165) is 12.0 Å². The van der Waals surface area contributed by atoms with Crippen molar-refractivity contribution >= 4 is 0 Å². The summed E-state index contributed by atoms with van der Waals surface area (Å²) >= 11 is 0. The maximum Gasteiger partial charge on any atom is 0.128 e. The van der Waals surface area contributed by atoms with E-state index in [0.29, 0.717) is 11.5 Å². The van der Waals surface area contributed by atoms with E-state index in [4.69, 9.17) is 5.84 Å². The molecule has 3 N–H and O–H groups in total. The van der Waals surface area contributed by atoms with Gasteiger partial charge in [0.25, 0.3) is 0 Å². The first-order valence-corrected chi connectivity index (χ1v) is 5.32. The van der Waals surface area contributed by atoms with Gasteiger partial charge in [-0.25, -0.2) is 4.39 Å². The van der Waals surface area contributed by atoms with Gasteiger partial charge in [0.05, 0.1) is 6.04 Å². The standard InChI is InChI=1S/C12H19FN2/c1-4-9(3)12(15-14)10-6-5-8(2)7-11(10)13/h5-7,9,12,15H,4,14H2,1-3H3. The molecule has 0 saturated heterocycles. The van der Waals surface area contributed by atoms with Crippen LogP contribution < -0.4 is 11.3 Å². The van der Waals surface area contributed by atoms with Crippen molar-refractivity contribution in [3.8, 4) is 0 Å². The van der Waals surface area contributed by atoms with Crippen LogP contribution >= 0.6 is 0 Å². The van der Waals surface area contributed by atoms with Crippen molar-refractivity contribution in [1.29, 1.82) is 0 Å². The van der Waals surface area contributed by atoms with Crippen LogP contribution in [0.5, 0.6) is 0 Å². The second-order valence-corrected chi connectivity index (χ2v) is 4.05. The molecular formula is C12H19FN2. The van der Waals surface area contributed by atoms with E-state index in [2.05, 4.69) is 19.3 Å². The van der Waals surface area contributed by atoms with Gasteiger partial charge in [-0.1, -0.05) is 32.4 Å². The molecule has 2 nitrogen and oxygen atoms in total. The van der Waals surface area contributed by atoms with Crippen molar-refractivity contribution in [3.05, 3.63) is 35.1 Å². The minimum atomic E-state index is -0.182. The highest BCUT2D eigenvalue weighted by atomic mass is 19.1. The Kier molecular flexibility index (Phi) is 4.24. The molecule has 0 amide bonds. The lowest BCUT2D eigenvalue weighted by atomic mass is 9.92. The first-order chi connectivity index (χ1) is 7.10. The Morgan fingerprint density at radius 2 is 2.13 bits per heavy atom. The summed E-state index contributed by atoms with van der Waals surface area (Å²) < 4.78 is 13.7. The molecular weight excluding hydrogens is 191 g/mol. The molecule has 0 aliphatic rings. The largest absolute Gasteiger partial charge is 0.271 e. The Morgan fingerprint density at radius 3 is 2.60 bits per heavy atom. The van der Waals surface area contributed by atoms with E-state index in [1.807, 2.05) is 13.0 Å². The third kappa shape index (κ3) is 2.76. The molecule has 0 spiro atoms. The number of nitrogens with two attached hydrogens (primary N) is 1. The number of hydrogen-bond donors (Lipinski definition) is 2. The van der Waals surface area contributed by atoms with Crippen LogP contribution in [0.1, 0.15) is 37.4 Å². The van der Waals surface area contributed by atoms with Gasteiger partial charge in [0, 0.05) is 5.56 Å². The van der Waals surface area contributed by atoms with Gasteiger partial charge in [-0.05, 0) is 24.5 Å². The van der Waals surface area contributed by atoms with Crippen LogP contribution in [0.2, 0.25) is 0 Å². The highest BCUT2D eigenvalue weighted by Gasteiger charge is 2.19. The zero-order valence-electron chi connectivity index (χ0n) is 9.55. The molecule has 0 saturated carbocycles. The fourth-order valence-corrected chi connectivity index (χ4v) is 1.68. The molecule has 15 heavy (non-hydrogen) atoms. The smallest absolute Gasteiger partial charge is 0.128 e. The number of halogens is 1. The van der Waals surface area contributed by atoms with Crippen LogP contribution in [-0.2, 0) is 0 Å². The second-order valence-electron chi connectivity index (χ2n) is 4.05. The van der Waals surface area contributed by atoms with E-state index in [-0.39, 0.29) is 11.9 Å². The van der Waals surface area contributed by atoms with Crippen LogP contribution in [0.15, 0.2) is 18.2 Å². The number of hydrazine groups is 1. The molecule has 0 fully saturated rings. The Bertz CT molecular complexity index is 325. The van der Waals surface area contributed by atoms with Gasteiger partial charge < -0.3 is 0 Å². The van der Waals surface area contributed by atoms with Gasteiger partial charge in [0.15, 0.2) is 0 Å². The minimum absolute atomic E-state index is 0.115. The predicted octanol–water partition coefficient (Wildman–Crippen LogP) is 2.68. The van der Waals surface area contributed by atoms with Gasteiger partial charge in [0.2, 0.25) is 0 Å². The van der Waals surface area contributed by atoms with Crippen LogP contribution in [0.4, 0.5) is 4.39 Å². The molecule has 3 heteroatoms. The van der Waals surface area contributed by atoms with Crippen molar-refractivity contribution in [2.24, 2.45) is 11.8 Å². The Hall–Kier alpha value is -0.930. The highest BCUT2D eigenvalue weighted by Crippen LogP contribution is 2.26. The van der Waals surface area contributed by atoms with Crippen LogP contribution in [-0.4, -0.2) is 0 Å². The monoisotopic (exact) mass is 210 g/mol. The zero-order chi connectivity index (χ0) is 11.4. The van der Waals surface area contributed by atoms with Crippen molar-refractivity contribution in [3.63, 3.8) is 0 Å². The Morgan fingerprint density at radius 1 is 1.47 bits per heavy atom. The molecule has 2 atom stereocenters. The molecule has 1 aromatic rings. The van der Waals surface area contributed by atoms with E-state index >= 15 is 0 Å². The topological polar surface area (TPSA) is 38.0 Å². The Labute approximate surface area is 90.6 Å². The fourth-order valence-electron chi connectivity index (χ4n) is 1.68. The summed E-state index contributed by atoms with van der Waals surface area (Å²) in [7, 11) is 0. The van der Waals surface area contributed by atoms with E-state index < -0.39 is 0 Å². The highest BCUT2D eigenvalue weighted by molar-refractivity contribution is 5.26. The zero-order valence-corrected chi connectivity index (χ0v) is 9.55. The van der Waals surface area contributed by atoms with Crippen molar-refractivity contribution in [2.45, 2.75) is 33.2 Å². The summed E-state index contributed by atoms with van der Waals surface area (Å²) in [4.78, 5) is 0. The van der Waals surface area contributed by atoms with E-state index in [9.17, 15) is 4.39 Å². The van der Waals surface area contributed by atoms with Gasteiger partial charge in [0.1, 0.15) is 5.82 Å². The normalized spacial score (nSPS) is 15.0. The lowest BCUT2D eigenvalue weighted by molar-refractivity contribution is 0.371. The van der Waals surface area contributed by atoms with Crippen LogP contribution in [0, 0.1) is 18.7 Å². The fraction of sp³-hybridized carbons (Fsp3) is 0.500. The average molecular weight is 210 g/mol. The van der Waals surface area contributed by atoms with Crippen molar-refractivity contribution in [2.75, 3.05) is 0 Å². The third-order valence-electron chi connectivity index (χ3n) is 2.88. The average Bonchev–Trinajstić information content (AvgIpc) is 2.21. The number of rotatable bonds is 4. The lowest BCUT2D eigenvalue weighted by Gasteiger charge is -2.23. The summed E-state index contributed by atoms with van der Waals surface area (Å²) in [5.41, 5.74) is 4.27. The summed E-state index contributed by atoms with van der Waals surface area (Å²) in [5.74, 6) is 5.60. The van der Waals surface area contributed by atoms with Crippen LogP contribution in [0.25, 0.3) is 0 Å². The van der Waals surface area contributed by atoms with Gasteiger partial charge >= 0.3 is 0 Å². The first kappa shape index (κ1) is 12.1. The first-order valence-electron chi connectivity index (χ1n) is 5.32. The summed E-state index contributed by atoms with van der Waals surface area (Å²) in [6, 6.07) is 5.14. The molecule has 0 aromatic heterocycles. The molecule has 1 rings (SSSR count). The summed E-state index contributed by atoms with van der Waals surface area (Å²) in [6.07, 6.45) is 0.960. The van der Waals surface area contributed by atoms with Gasteiger partial charge in [-0.2, -0.15) is 0 Å².